The van der Waals surface area contributed by atoms with E-state index in [9.17, 15) is 0 Å². The molecule has 3 rings (SSSR count). The fourth-order valence-electron chi connectivity index (χ4n) is 2.84. The lowest BCUT2D eigenvalue weighted by Crippen LogP contribution is -2.45. The molecule has 0 radical (unpaired) electrons. The molecule has 0 N–H and O–H groups in total. The molecule has 0 atom stereocenters. The topological polar surface area (TPSA) is 24.3 Å². The molecule has 1 aromatic carbocycles. The molecule has 1 fully saturated rings. The molecule has 0 aliphatic carbocycles. The van der Waals surface area contributed by atoms with E-state index in [2.05, 4.69) is 51.8 Å². The first-order valence-electron chi connectivity index (χ1n) is 7.61. The summed E-state index contributed by atoms with van der Waals surface area (Å²) in [4.78, 5) is 4.93. The Morgan fingerprint density at radius 3 is 2.65 bits per heavy atom. The van der Waals surface area contributed by atoms with Crippen LogP contribution in [0.4, 0.5) is 0 Å². The van der Waals surface area contributed by atoms with Crippen molar-refractivity contribution >= 4 is 10.9 Å². The molecule has 0 bridgehead atoms. The second kappa shape index (κ2) is 5.94. The maximum Gasteiger partial charge on any atom is 0.0683 e. The molecule has 0 amide bonds. The minimum Gasteiger partial charge on any atom is -0.304 e. The molecule has 1 aromatic heterocycles. The number of fused-ring (bicyclic) bond motifs is 1. The van der Waals surface area contributed by atoms with E-state index in [-0.39, 0.29) is 0 Å². The Labute approximate surface area is 121 Å². The molecule has 2 aromatic rings. The van der Waals surface area contributed by atoms with Crippen LogP contribution in [0.15, 0.2) is 24.4 Å². The zero-order chi connectivity index (χ0) is 13.9. The molecule has 1 saturated heterocycles. The van der Waals surface area contributed by atoms with Gasteiger partial charge < -0.3 is 4.90 Å². The number of benzene rings is 1. The van der Waals surface area contributed by atoms with Gasteiger partial charge in [0.1, 0.15) is 0 Å². The molecule has 4 nitrogen and oxygen atoms in total. The molecular weight excluding hydrogens is 248 g/mol. The Morgan fingerprint density at radius 1 is 1.10 bits per heavy atom. The van der Waals surface area contributed by atoms with Crippen LogP contribution in [0.2, 0.25) is 0 Å². The maximum atomic E-state index is 4.55. The van der Waals surface area contributed by atoms with Gasteiger partial charge in [0.25, 0.3) is 0 Å². The highest BCUT2D eigenvalue weighted by Crippen LogP contribution is 2.16. The third kappa shape index (κ3) is 2.86. The third-order valence-electron chi connectivity index (χ3n) is 4.34. The van der Waals surface area contributed by atoms with Crippen LogP contribution in [0.1, 0.15) is 12.5 Å². The van der Waals surface area contributed by atoms with Crippen LogP contribution in [0.5, 0.6) is 0 Å². The van der Waals surface area contributed by atoms with Crippen LogP contribution in [0.3, 0.4) is 0 Å². The largest absolute Gasteiger partial charge is 0.304 e. The van der Waals surface area contributed by atoms with Gasteiger partial charge in [-0.25, -0.2) is 0 Å². The molecule has 20 heavy (non-hydrogen) atoms. The summed E-state index contributed by atoms with van der Waals surface area (Å²) in [5.74, 6) is 0. The number of rotatable bonds is 4. The number of aromatic nitrogens is 2. The summed E-state index contributed by atoms with van der Waals surface area (Å²) in [5.41, 5.74) is 2.65. The number of piperazine rings is 1. The fraction of sp³-hybridized carbons (Fsp3) is 0.562. The number of nitrogens with zero attached hydrogens (tertiary/aromatic N) is 4. The first-order valence-corrected chi connectivity index (χ1v) is 7.61. The van der Waals surface area contributed by atoms with E-state index >= 15 is 0 Å². The third-order valence-corrected chi connectivity index (χ3v) is 4.34. The number of hydrogen-bond acceptors (Lipinski definition) is 3. The summed E-state index contributed by atoms with van der Waals surface area (Å²) in [6.45, 7) is 8.99. The predicted octanol–water partition coefficient (Wildman–Crippen LogP) is 1.85. The highest BCUT2D eigenvalue weighted by Gasteiger charge is 2.13. The van der Waals surface area contributed by atoms with Crippen molar-refractivity contribution in [2.75, 3.05) is 39.8 Å². The number of hydrogen-bond donors (Lipinski definition) is 0. The van der Waals surface area contributed by atoms with Crippen LogP contribution in [0, 0.1) is 0 Å². The smallest absolute Gasteiger partial charge is 0.0683 e. The van der Waals surface area contributed by atoms with Crippen LogP contribution in [0.25, 0.3) is 10.9 Å². The second-order valence-corrected chi connectivity index (χ2v) is 5.76. The average molecular weight is 272 g/mol. The van der Waals surface area contributed by atoms with Crippen molar-refractivity contribution in [3.05, 3.63) is 30.0 Å². The van der Waals surface area contributed by atoms with Crippen LogP contribution >= 0.6 is 0 Å². The predicted molar refractivity (Wildman–Crippen MR) is 83.0 cm³/mol. The lowest BCUT2D eigenvalue weighted by Gasteiger charge is -2.32. The van der Waals surface area contributed by atoms with E-state index < -0.39 is 0 Å². The zero-order valence-corrected chi connectivity index (χ0v) is 12.5. The van der Waals surface area contributed by atoms with Gasteiger partial charge >= 0.3 is 0 Å². The van der Waals surface area contributed by atoms with Gasteiger partial charge in [0.15, 0.2) is 0 Å². The molecule has 0 unspecified atom stereocenters. The van der Waals surface area contributed by atoms with Crippen molar-refractivity contribution in [2.45, 2.75) is 19.9 Å². The molecule has 0 spiro atoms. The quantitative estimate of drug-likeness (QED) is 0.849. The minimum absolute atomic E-state index is 0.985. The van der Waals surface area contributed by atoms with Crippen molar-refractivity contribution < 1.29 is 0 Å². The summed E-state index contributed by atoms with van der Waals surface area (Å²) in [5, 5.41) is 5.82. The van der Waals surface area contributed by atoms with Crippen molar-refractivity contribution in [3.8, 4) is 0 Å². The highest BCUT2D eigenvalue weighted by atomic mass is 15.3. The Balaban J connectivity index is 1.65. The van der Waals surface area contributed by atoms with Gasteiger partial charge in [-0.2, -0.15) is 5.10 Å². The summed E-state index contributed by atoms with van der Waals surface area (Å²) >= 11 is 0. The van der Waals surface area contributed by atoms with Crippen LogP contribution < -0.4 is 0 Å². The van der Waals surface area contributed by atoms with E-state index in [1.54, 1.807) is 0 Å². The Morgan fingerprint density at radius 2 is 1.90 bits per heavy atom. The Kier molecular flexibility index (Phi) is 4.03. The molecule has 2 heterocycles. The summed E-state index contributed by atoms with van der Waals surface area (Å²) in [7, 11) is 2.20. The SMILES string of the molecule is CCc1ccc2c(cnn2CCN2CCN(C)CC2)c1. The van der Waals surface area contributed by atoms with Gasteiger partial charge in [0.05, 0.1) is 18.3 Å². The Hall–Kier alpha value is -1.39. The number of likely N-dealkylation sites (N-methyl/N-ethyl adjacent to an activating group) is 1. The van der Waals surface area contributed by atoms with Crippen molar-refractivity contribution in [1.82, 2.24) is 19.6 Å². The van der Waals surface area contributed by atoms with Gasteiger partial charge in [0, 0.05) is 38.1 Å². The molecule has 0 saturated carbocycles. The molecule has 1 aliphatic rings. The molecular formula is C16H24N4. The van der Waals surface area contributed by atoms with E-state index in [4.69, 9.17) is 0 Å². The van der Waals surface area contributed by atoms with Crippen molar-refractivity contribution in [3.63, 3.8) is 0 Å². The first-order chi connectivity index (χ1) is 9.76. The average Bonchev–Trinajstić information content (AvgIpc) is 2.89. The van der Waals surface area contributed by atoms with Gasteiger partial charge in [-0.05, 0) is 31.2 Å². The molecule has 4 heteroatoms. The highest BCUT2D eigenvalue weighted by molar-refractivity contribution is 5.79. The van der Waals surface area contributed by atoms with Crippen LogP contribution in [-0.2, 0) is 13.0 Å². The Bertz CT molecular complexity index is 567. The summed E-state index contributed by atoms with van der Waals surface area (Å²) in [6, 6.07) is 6.69. The molecule has 1 aliphatic heterocycles. The fourth-order valence-corrected chi connectivity index (χ4v) is 2.84. The van der Waals surface area contributed by atoms with E-state index in [1.807, 2.05) is 6.20 Å². The first kappa shape index (κ1) is 13.6. The lowest BCUT2D eigenvalue weighted by molar-refractivity contribution is 0.149. The standard InChI is InChI=1S/C16H24N4/c1-3-14-4-5-16-15(12-14)13-17-20(16)11-10-19-8-6-18(2)7-9-19/h4-5,12-13H,3,6-11H2,1-2H3. The van der Waals surface area contributed by atoms with Crippen LogP contribution in [-0.4, -0.2) is 59.4 Å². The summed E-state index contributed by atoms with van der Waals surface area (Å²) < 4.78 is 2.15. The minimum atomic E-state index is 0.985. The second-order valence-electron chi connectivity index (χ2n) is 5.76. The van der Waals surface area contributed by atoms with Gasteiger partial charge in [0.2, 0.25) is 0 Å². The van der Waals surface area contributed by atoms with Crippen molar-refractivity contribution in [2.24, 2.45) is 0 Å². The normalized spacial score (nSPS) is 17.9. The van der Waals surface area contributed by atoms with Gasteiger partial charge in [-0.15, -0.1) is 0 Å². The van der Waals surface area contributed by atoms with Gasteiger partial charge in [-0.1, -0.05) is 13.0 Å². The lowest BCUT2D eigenvalue weighted by atomic mass is 10.1. The monoisotopic (exact) mass is 272 g/mol. The summed E-state index contributed by atoms with van der Waals surface area (Å²) in [6.07, 6.45) is 3.08. The van der Waals surface area contributed by atoms with E-state index in [0.717, 1.165) is 19.5 Å². The molecule has 108 valence electrons. The zero-order valence-electron chi connectivity index (χ0n) is 12.5. The number of aryl methyl sites for hydroxylation is 1. The van der Waals surface area contributed by atoms with E-state index in [1.165, 1.54) is 42.6 Å². The van der Waals surface area contributed by atoms with Crippen molar-refractivity contribution in [1.29, 1.82) is 0 Å². The maximum absolute atomic E-state index is 4.55. The van der Waals surface area contributed by atoms with E-state index in [0.29, 0.717) is 0 Å². The van der Waals surface area contributed by atoms with Gasteiger partial charge in [-0.3, -0.25) is 9.58 Å².